The topological polar surface area (TPSA) is 43.6 Å². The van der Waals surface area contributed by atoms with E-state index in [2.05, 4.69) is 5.32 Å². The van der Waals surface area contributed by atoms with Gasteiger partial charge in [0.15, 0.2) is 0 Å². The molecular formula is C15H25NO3. The van der Waals surface area contributed by atoms with Crippen LogP contribution in [0.15, 0.2) is 22.8 Å². The number of methoxy groups -OCH3 is 1. The third-order valence-electron chi connectivity index (χ3n) is 3.68. The van der Waals surface area contributed by atoms with Crippen molar-refractivity contribution in [2.45, 2.75) is 50.9 Å². The Morgan fingerprint density at radius 3 is 3.16 bits per heavy atom. The molecule has 1 heterocycles. The first-order valence-electron chi connectivity index (χ1n) is 7.25. The zero-order chi connectivity index (χ0) is 13.3. The largest absolute Gasteiger partial charge is 0.467 e. The Labute approximate surface area is 115 Å². The summed E-state index contributed by atoms with van der Waals surface area (Å²) in [6.07, 6.45) is 8.05. The van der Waals surface area contributed by atoms with Crippen LogP contribution in [0.4, 0.5) is 0 Å². The average molecular weight is 267 g/mol. The Hall–Kier alpha value is -0.840. The third kappa shape index (κ3) is 5.35. The number of hydrogen-bond donors (Lipinski definition) is 1. The van der Waals surface area contributed by atoms with Gasteiger partial charge in [-0.2, -0.15) is 0 Å². The molecule has 0 saturated heterocycles. The van der Waals surface area contributed by atoms with Gasteiger partial charge in [0.1, 0.15) is 12.4 Å². The van der Waals surface area contributed by atoms with Gasteiger partial charge >= 0.3 is 0 Å². The predicted molar refractivity (Wildman–Crippen MR) is 74.0 cm³/mol. The fourth-order valence-corrected chi connectivity index (χ4v) is 2.59. The van der Waals surface area contributed by atoms with Gasteiger partial charge in [-0.1, -0.05) is 0 Å². The molecule has 108 valence electrons. The molecule has 2 atom stereocenters. The van der Waals surface area contributed by atoms with Gasteiger partial charge in [-0.15, -0.1) is 0 Å². The molecule has 0 amide bonds. The summed E-state index contributed by atoms with van der Waals surface area (Å²) in [4.78, 5) is 0. The van der Waals surface area contributed by atoms with E-state index in [1.165, 1.54) is 19.3 Å². The molecule has 2 unspecified atom stereocenters. The van der Waals surface area contributed by atoms with Gasteiger partial charge in [-0.25, -0.2) is 0 Å². The molecular weight excluding hydrogens is 242 g/mol. The zero-order valence-electron chi connectivity index (χ0n) is 11.8. The van der Waals surface area contributed by atoms with E-state index < -0.39 is 0 Å². The normalized spacial score (nSPS) is 23.6. The van der Waals surface area contributed by atoms with Crippen molar-refractivity contribution >= 4 is 0 Å². The van der Waals surface area contributed by atoms with Crippen molar-refractivity contribution in [1.82, 2.24) is 5.32 Å². The van der Waals surface area contributed by atoms with Crippen molar-refractivity contribution in [2.75, 3.05) is 20.3 Å². The van der Waals surface area contributed by atoms with Gasteiger partial charge in [0.25, 0.3) is 0 Å². The molecule has 1 N–H and O–H groups in total. The van der Waals surface area contributed by atoms with Crippen LogP contribution in [-0.2, 0) is 16.1 Å². The second-order valence-corrected chi connectivity index (χ2v) is 5.16. The second-order valence-electron chi connectivity index (χ2n) is 5.16. The van der Waals surface area contributed by atoms with Crippen LogP contribution in [0.25, 0.3) is 0 Å². The SMILES string of the molecule is COC1CCCC(NCCCOCc2ccco2)C1. The van der Waals surface area contributed by atoms with E-state index in [0.29, 0.717) is 18.8 Å². The van der Waals surface area contributed by atoms with Crippen molar-refractivity contribution in [3.63, 3.8) is 0 Å². The molecule has 1 saturated carbocycles. The number of hydrogen-bond acceptors (Lipinski definition) is 4. The molecule has 0 spiro atoms. The maximum atomic E-state index is 5.55. The summed E-state index contributed by atoms with van der Waals surface area (Å²) in [6.45, 7) is 2.36. The molecule has 0 bridgehead atoms. The van der Waals surface area contributed by atoms with Gasteiger partial charge in [0.05, 0.1) is 12.4 Å². The average Bonchev–Trinajstić information content (AvgIpc) is 2.96. The lowest BCUT2D eigenvalue weighted by Gasteiger charge is -2.28. The smallest absolute Gasteiger partial charge is 0.129 e. The highest BCUT2D eigenvalue weighted by Gasteiger charge is 2.20. The maximum Gasteiger partial charge on any atom is 0.129 e. The minimum Gasteiger partial charge on any atom is -0.467 e. The van der Waals surface area contributed by atoms with Gasteiger partial charge < -0.3 is 19.2 Å². The second kappa shape index (κ2) is 8.35. The lowest BCUT2D eigenvalue weighted by atomic mass is 9.93. The van der Waals surface area contributed by atoms with Crippen molar-refractivity contribution < 1.29 is 13.9 Å². The van der Waals surface area contributed by atoms with Crippen LogP contribution in [0, 0.1) is 0 Å². The molecule has 1 aliphatic rings. The fourth-order valence-electron chi connectivity index (χ4n) is 2.59. The molecule has 19 heavy (non-hydrogen) atoms. The summed E-state index contributed by atoms with van der Waals surface area (Å²) in [6, 6.07) is 4.43. The summed E-state index contributed by atoms with van der Waals surface area (Å²) in [7, 11) is 1.82. The molecule has 1 aromatic rings. The van der Waals surface area contributed by atoms with Gasteiger partial charge in [0.2, 0.25) is 0 Å². The number of furan rings is 1. The first-order valence-corrected chi connectivity index (χ1v) is 7.25. The molecule has 0 aromatic carbocycles. The molecule has 1 aliphatic carbocycles. The van der Waals surface area contributed by atoms with Gasteiger partial charge in [-0.05, 0) is 50.8 Å². The number of rotatable bonds is 8. The number of ether oxygens (including phenoxy) is 2. The first-order chi connectivity index (χ1) is 9.38. The van der Waals surface area contributed by atoms with Crippen LogP contribution in [0.1, 0.15) is 37.9 Å². The van der Waals surface area contributed by atoms with Crippen LogP contribution < -0.4 is 5.32 Å². The monoisotopic (exact) mass is 267 g/mol. The Bertz CT molecular complexity index is 326. The molecule has 2 rings (SSSR count). The fraction of sp³-hybridized carbons (Fsp3) is 0.733. The summed E-state index contributed by atoms with van der Waals surface area (Å²) in [5.41, 5.74) is 0. The highest BCUT2D eigenvalue weighted by molar-refractivity contribution is 4.95. The minimum absolute atomic E-state index is 0.446. The Morgan fingerprint density at radius 1 is 1.42 bits per heavy atom. The molecule has 0 aliphatic heterocycles. The predicted octanol–water partition coefficient (Wildman–Crippen LogP) is 2.73. The van der Waals surface area contributed by atoms with Crippen molar-refractivity contribution in [2.24, 2.45) is 0 Å². The van der Waals surface area contributed by atoms with Crippen molar-refractivity contribution in [3.8, 4) is 0 Å². The summed E-state index contributed by atoms with van der Waals surface area (Å²) >= 11 is 0. The summed E-state index contributed by atoms with van der Waals surface area (Å²) in [5.74, 6) is 0.892. The molecule has 1 aromatic heterocycles. The Morgan fingerprint density at radius 2 is 2.37 bits per heavy atom. The van der Waals surface area contributed by atoms with Gasteiger partial charge in [-0.3, -0.25) is 0 Å². The van der Waals surface area contributed by atoms with Crippen LogP contribution in [0.3, 0.4) is 0 Å². The quantitative estimate of drug-likeness (QED) is 0.736. The van der Waals surface area contributed by atoms with E-state index in [1.807, 2.05) is 19.2 Å². The standard InChI is InChI=1S/C15H25NO3/c1-17-14-6-2-5-13(11-14)16-8-4-9-18-12-15-7-3-10-19-15/h3,7,10,13-14,16H,2,4-6,8-9,11-12H2,1H3. The van der Waals surface area contributed by atoms with Gasteiger partial charge in [0, 0.05) is 19.8 Å². The van der Waals surface area contributed by atoms with E-state index in [-0.39, 0.29) is 0 Å². The zero-order valence-corrected chi connectivity index (χ0v) is 11.8. The van der Waals surface area contributed by atoms with E-state index in [9.17, 15) is 0 Å². The first kappa shape index (κ1) is 14.6. The van der Waals surface area contributed by atoms with Crippen LogP contribution in [0.5, 0.6) is 0 Å². The number of nitrogens with one attached hydrogen (secondary N) is 1. The molecule has 1 fully saturated rings. The lowest BCUT2D eigenvalue weighted by Crippen LogP contribution is -2.37. The summed E-state index contributed by atoms with van der Waals surface area (Å²) < 4.78 is 16.2. The van der Waals surface area contributed by atoms with E-state index >= 15 is 0 Å². The highest BCUT2D eigenvalue weighted by atomic mass is 16.5. The molecule has 0 radical (unpaired) electrons. The summed E-state index contributed by atoms with van der Waals surface area (Å²) in [5, 5.41) is 3.60. The lowest BCUT2D eigenvalue weighted by molar-refractivity contribution is 0.0577. The van der Waals surface area contributed by atoms with Crippen LogP contribution in [-0.4, -0.2) is 32.4 Å². The van der Waals surface area contributed by atoms with Crippen LogP contribution >= 0.6 is 0 Å². The van der Waals surface area contributed by atoms with Crippen molar-refractivity contribution in [1.29, 1.82) is 0 Å². The van der Waals surface area contributed by atoms with Crippen molar-refractivity contribution in [3.05, 3.63) is 24.2 Å². The molecule has 4 heteroatoms. The third-order valence-corrected chi connectivity index (χ3v) is 3.68. The molecule has 4 nitrogen and oxygen atoms in total. The van der Waals surface area contributed by atoms with Crippen LogP contribution in [0.2, 0.25) is 0 Å². The minimum atomic E-state index is 0.446. The highest BCUT2D eigenvalue weighted by Crippen LogP contribution is 2.20. The van der Waals surface area contributed by atoms with E-state index in [4.69, 9.17) is 13.9 Å². The maximum absolute atomic E-state index is 5.55. The Balaban J connectivity index is 1.47. The van der Waals surface area contributed by atoms with E-state index in [0.717, 1.165) is 31.8 Å². The van der Waals surface area contributed by atoms with E-state index in [1.54, 1.807) is 6.26 Å². The Kier molecular flexibility index (Phi) is 6.41.